The summed E-state index contributed by atoms with van der Waals surface area (Å²) in [6.07, 6.45) is 2.52. The summed E-state index contributed by atoms with van der Waals surface area (Å²) in [7, 11) is -3.16. The highest BCUT2D eigenvalue weighted by molar-refractivity contribution is 7.55. The Morgan fingerprint density at radius 3 is 2.40 bits per heavy atom. The van der Waals surface area contributed by atoms with Gasteiger partial charge < -0.3 is 9.05 Å². The Labute approximate surface area is 120 Å². The molecule has 5 heteroatoms. The van der Waals surface area contributed by atoms with E-state index in [4.69, 9.17) is 9.05 Å². The van der Waals surface area contributed by atoms with E-state index in [1.165, 1.54) is 0 Å². The first-order valence-electron chi connectivity index (χ1n) is 6.96. The molecule has 20 heavy (non-hydrogen) atoms. The summed E-state index contributed by atoms with van der Waals surface area (Å²) in [4.78, 5) is 0. The fraction of sp³-hybridized carbons (Fsp3) is 0.467. The Bertz CT molecular complexity index is 495. The summed E-state index contributed by atoms with van der Waals surface area (Å²) in [6, 6.07) is 9.97. The van der Waals surface area contributed by atoms with Gasteiger partial charge in [-0.3, -0.25) is 9.88 Å². The Kier molecular flexibility index (Phi) is 4.82. The molecule has 1 fully saturated rings. The largest absolute Gasteiger partial charge is 0.349 e. The zero-order chi connectivity index (χ0) is 14.6. The summed E-state index contributed by atoms with van der Waals surface area (Å²) in [6.45, 7) is 8.20. The minimum Gasteiger partial charge on any atom is -0.308 e. The molecule has 1 aliphatic heterocycles. The van der Waals surface area contributed by atoms with E-state index in [1.807, 2.05) is 50.3 Å². The van der Waals surface area contributed by atoms with E-state index in [0.29, 0.717) is 19.6 Å². The van der Waals surface area contributed by atoms with Crippen molar-refractivity contribution in [3.63, 3.8) is 0 Å². The maximum absolute atomic E-state index is 12.9. The van der Waals surface area contributed by atoms with Crippen LogP contribution in [0.1, 0.15) is 25.8 Å². The van der Waals surface area contributed by atoms with Crippen LogP contribution in [0.25, 0.3) is 0 Å². The molecule has 1 saturated heterocycles. The van der Waals surface area contributed by atoms with Crippen LogP contribution in [0.15, 0.2) is 43.0 Å². The average Bonchev–Trinajstić information content (AvgIpc) is 3.17. The number of hydrogen-bond acceptors (Lipinski definition) is 4. The van der Waals surface area contributed by atoms with E-state index in [1.54, 1.807) is 0 Å². The van der Waals surface area contributed by atoms with Gasteiger partial charge in [0.1, 0.15) is 5.78 Å². The maximum atomic E-state index is 12.9. The number of hydrogen-bond donors (Lipinski definition) is 1. The molecule has 1 aromatic carbocycles. The zero-order valence-corrected chi connectivity index (χ0v) is 12.9. The topological polar surface area (TPSA) is 57.5 Å². The number of benzene rings is 1. The van der Waals surface area contributed by atoms with Crippen molar-refractivity contribution in [2.45, 2.75) is 31.6 Å². The highest BCUT2D eigenvalue weighted by Crippen LogP contribution is 2.65. The van der Waals surface area contributed by atoms with Gasteiger partial charge in [0.05, 0.1) is 18.8 Å². The summed E-state index contributed by atoms with van der Waals surface area (Å²) in [5.41, 5.74) is 0.701. The van der Waals surface area contributed by atoms with Gasteiger partial charge >= 0.3 is 7.60 Å². The maximum Gasteiger partial charge on any atom is 0.349 e. The van der Waals surface area contributed by atoms with Crippen LogP contribution in [0.5, 0.6) is 0 Å². The summed E-state index contributed by atoms with van der Waals surface area (Å²) < 4.78 is 23.8. The standard InChI is InChI=1S/C15H22NO3P/c1-4-12-15(13-10-8-7-9-11-13)14(16-15)20(17,18-5-2)19-6-3/h4,7-11,14,16H,1,5-6,12H2,2-3H3/t14-,15+/m0/s1. The zero-order valence-electron chi connectivity index (χ0n) is 12.0. The van der Waals surface area contributed by atoms with E-state index in [2.05, 4.69) is 11.9 Å². The van der Waals surface area contributed by atoms with Crippen LogP contribution >= 0.6 is 7.60 Å². The highest BCUT2D eigenvalue weighted by atomic mass is 31.2. The fourth-order valence-corrected chi connectivity index (χ4v) is 4.87. The fourth-order valence-electron chi connectivity index (χ4n) is 2.59. The molecule has 0 saturated carbocycles. The van der Waals surface area contributed by atoms with Crippen molar-refractivity contribution in [2.24, 2.45) is 0 Å². The Hall–Kier alpha value is -0.930. The molecule has 1 aliphatic rings. The van der Waals surface area contributed by atoms with E-state index in [0.717, 1.165) is 5.56 Å². The molecular weight excluding hydrogens is 273 g/mol. The van der Waals surface area contributed by atoms with E-state index < -0.39 is 7.60 Å². The minimum atomic E-state index is -3.16. The molecule has 1 aromatic rings. The van der Waals surface area contributed by atoms with Gasteiger partial charge in [0.2, 0.25) is 0 Å². The molecule has 0 spiro atoms. The van der Waals surface area contributed by atoms with Gasteiger partial charge in [-0.2, -0.15) is 0 Å². The molecular formula is C15H22NO3P. The lowest BCUT2D eigenvalue weighted by Crippen LogP contribution is -2.15. The third-order valence-corrected chi connectivity index (χ3v) is 5.91. The van der Waals surface area contributed by atoms with Crippen LogP contribution in [0, 0.1) is 0 Å². The van der Waals surface area contributed by atoms with E-state index in [9.17, 15) is 4.57 Å². The molecule has 1 N–H and O–H groups in total. The van der Waals surface area contributed by atoms with E-state index >= 15 is 0 Å². The molecule has 0 amide bonds. The Balaban J connectivity index is 2.30. The molecule has 110 valence electrons. The van der Waals surface area contributed by atoms with Crippen LogP contribution in [0.4, 0.5) is 0 Å². The van der Waals surface area contributed by atoms with Crippen molar-refractivity contribution in [2.75, 3.05) is 13.2 Å². The quantitative estimate of drug-likeness (QED) is 0.452. The second-order valence-electron chi connectivity index (χ2n) is 4.75. The third kappa shape index (κ3) is 2.75. The third-order valence-electron chi connectivity index (χ3n) is 3.47. The Morgan fingerprint density at radius 1 is 1.30 bits per heavy atom. The first-order valence-corrected chi connectivity index (χ1v) is 8.57. The molecule has 2 rings (SSSR count). The summed E-state index contributed by atoms with van der Waals surface area (Å²) in [5.74, 6) is -0.310. The monoisotopic (exact) mass is 295 g/mol. The Morgan fingerprint density at radius 2 is 1.90 bits per heavy atom. The molecule has 2 atom stereocenters. The first kappa shape index (κ1) is 15.5. The second kappa shape index (κ2) is 6.23. The first-order chi connectivity index (χ1) is 9.63. The average molecular weight is 295 g/mol. The van der Waals surface area contributed by atoms with Crippen LogP contribution in [0.2, 0.25) is 0 Å². The molecule has 0 radical (unpaired) electrons. The van der Waals surface area contributed by atoms with E-state index in [-0.39, 0.29) is 11.3 Å². The van der Waals surface area contributed by atoms with Crippen molar-refractivity contribution in [1.29, 1.82) is 0 Å². The van der Waals surface area contributed by atoms with Gasteiger partial charge in [-0.05, 0) is 25.8 Å². The van der Waals surface area contributed by atoms with Crippen LogP contribution in [-0.2, 0) is 19.2 Å². The predicted molar refractivity (Wildman–Crippen MR) is 80.7 cm³/mol. The highest BCUT2D eigenvalue weighted by Gasteiger charge is 2.64. The smallest absolute Gasteiger partial charge is 0.308 e. The number of nitrogens with one attached hydrogen (secondary N) is 1. The van der Waals surface area contributed by atoms with Crippen molar-refractivity contribution < 1.29 is 13.6 Å². The van der Waals surface area contributed by atoms with Crippen LogP contribution in [0.3, 0.4) is 0 Å². The molecule has 4 nitrogen and oxygen atoms in total. The van der Waals surface area contributed by atoms with Crippen LogP contribution < -0.4 is 5.32 Å². The van der Waals surface area contributed by atoms with Crippen molar-refractivity contribution >= 4 is 7.60 Å². The normalized spacial score (nSPS) is 25.4. The van der Waals surface area contributed by atoms with Gasteiger partial charge in [-0.1, -0.05) is 36.4 Å². The minimum absolute atomic E-state index is 0.310. The molecule has 0 unspecified atom stereocenters. The van der Waals surface area contributed by atoms with Crippen molar-refractivity contribution in [3.8, 4) is 0 Å². The summed E-state index contributed by atoms with van der Waals surface area (Å²) >= 11 is 0. The van der Waals surface area contributed by atoms with Gasteiger partial charge in [-0.15, -0.1) is 6.58 Å². The number of rotatable bonds is 8. The van der Waals surface area contributed by atoms with Gasteiger partial charge in [-0.25, -0.2) is 0 Å². The van der Waals surface area contributed by atoms with Gasteiger partial charge in [0.25, 0.3) is 0 Å². The second-order valence-corrected chi connectivity index (χ2v) is 6.86. The molecule has 0 aromatic heterocycles. The molecule has 1 heterocycles. The predicted octanol–water partition coefficient (Wildman–Crippen LogP) is 3.65. The lowest BCUT2D eigenvalue weighted by atomic mass is 9.96. The van der Waals surface area contributed by atoms with Crippen molar-refractivity contribution in [1.82, 2.24) is 5.32 Å². The summed E-state index contributed by atoms with van der Waals surface area (Å²) in [5, 5.41) is 3.33. The molecule has 0 bridgehead atoms. The lowest BCUT2D eigenvalue weighted by Gasteiger charge is -2.20. The van der Waals surface area contributed by atoms with Gasteiger partial charge in [0, 0.05) is 0 Å². The molecule has 0 aliphatic carbocycles. The van der Waals surface area contributed by atoms with Gasteiger partial charge in [0.15, 0.2) is 0 Å². The SMILES string of the molecule is C=CC[C@]1(c2ccccc2)N[C@H]1P(=O)(OCC)OCC. The van der Waals surface area contributed by atoms with Crippen LogP contribution in [-0.4, -0.2) is 19.0 Å². The van der Waals surface area contributed by atoms with Crippen molar-refractivity contribution in [3.05, 3.63) is 48.6 Å². The lowest BCUT2D eigenvalue weighted by molar-refractivity contribution is 0.217.